The van der Waals surface area contributed by atoms with E-state index in [0.29, 0.717) is 29.0 Å². The van der Waals surface area contributed by atoms with Gasteiger partial charge >= 0.3 is 18.3 Å². The topological polar surface area (TPSA) is 63.2 Å². The first-order valence-corrected chi connectivity index (χ1v) is 14.9. The summed E-state index contributed by atoms with van der Waals surface area (Å²) in [5.74, 6) is 5.29. The molecule has 1 aliphatic heterocycles. The van der Waals surface area contributed by atoms with Crippen LogP contribution in [0.4, 0.5) is 26.3 Å². The molecule has 3 aromatic rings. The largest absolute Gasteiger partial charge is 0.494 e. The van der Waals surface area contributed by atoms with Gasteiger partial charge < -0.3 is 23.7 Å². The van der Waals surface area contributed by atoms with Gasteiger partial charge in [-0.05, 0) is 92.1 Å². The highest BCUT2D eigenvalue weighted by atomic mass is 19.4. The Morgan fingerprint density at radius 2 is 1.32 bits per heavy atom. The molecule has 3 aromatic carbocycles. The molecule has 4 rings (SSSR count). The number of ether oxygens (including phenoxy) is 5. The Morgan fingerprint density at radius 1 is 0.787 bits per heavy atom. The lowest BCUT2D eigenvalue weighted by Crippen LogP contribution is -2.45. The van der Waals surface area contributed by atoms with Crippen molar-refractivity contribution in [1.29, 1.82) is 0 Å². The molecular weight excluding hydrogens is 630 g/mol. The van der Waals surface area contributed by atoms with Gasteiger partial charge in [-0.2, -0.15) is 22.0 Å². The van der Waals surface area contributed by atoms with Crippen LogP contribution in [0.2, 0.25) is 0 Å². The fourth-order valence-electron chi connectivity index (χ4n) is 4.31. The second kappa shape index (κ2) is 16.1. The van der Waals surface area contributed by atoms with Gasteiger partial charge in [0, 0.05) is 23.1 Å². The standard InChI is InChI=1S/C35H34F6O6/c1-33(23-44-24-33)22-43-20-4-2-3-5-21-45-28-18-12-27(13-19-28)31(42)46-29-14-8-25(9-15-29)6-7-26-10-16-30(17-11-26)47-35(40,41)32(36)34(37,38)39/h8-19,32H,2-5,20-24H2,1H3. The van der Waals surface area contributed by atoms with Crippen LogP contribution in [0.1, 0.15) is 54.1 Å². The number of rotatable bonds is 15. The Kier molecular flexibility index (Phi) is 12.2. The minimum absolute atomic E-state index is 0.179. The van der Waals surface area contributed by atoms with Crippen LogP contribution in [0.5, 0.6) is 17.2 Å². The van der Waals surface area contributed by atoms with E-state index in [4.69, 9.17) is 18.9 Å². The summed E-state index contributed by atoms with van der Waals surface area (Å²) in [5, 5.41) is 0. The van der Waals surface area contributed by atoms with Crippen LogP contribution in [0.15, 0.2) is 72.8 Å². The third-order valence-electron chi connectivity index (χ3n) is 7.00. The van der Waals surface area contributed by atoms with Gasteiger partial charge in [-0.25, -0.2) is 9.18 Å². The Balaban J connectivity index is 1.15. The molecule has 1 unspecified atom stereocenters. The first kappa shape index (κ1) is 35.6. The van der Waals surface area contributed by atoms with Gasteiger partial charge in [0.05, 0.1) is 32.0 Å². The molecule has 0 aromatic heterocycles. The number of hydrogen-bond acceptors (Lipinski definition) is 6. The summed E-state index contributed by atoms with van der Waals surface area (Å²) in [7, 11) is 0. The highest BCUT2D eigenvalue weighted by Gasteiger charge is 2.59. The molecule has 1 saturated heterocycles. The number of carbonyl (C=O) groups excluding carboxylic acids is 1. The Labute approximate surface area is 268 Å². The third-order valence-corrected chi connectivity index (χ3v) is 7.00. The van der Waals surface area contributed by atoms with E-state index in [9.17, 15) is 31.1 Å². The van der Waals surface area contributed by atoms with E-state index in [1.807, 2.05) is 0 Å². The lowest BCUT2D eigenvalue weighted by molar-refractivity contribution is -0.304. The first-order chi connectivity index (χ1) is 22.3. The summed E-state index contributed by atoms with van der Waals surface area (Å²) in [6.45, 7) is 5.77. The molecule has 1 atom stereocenters. The quantitative estimate of drug-likeness (QED) is 0.0537. The van der Waals surface area contributed by atoms with Crippen LogP contribution in [-0.2, 0) is 9.47 Å². The van der Waals surface area contributed by atoms with Crippen LogP contribution < -0.4 is 14.2 Å². The summed E-state index contributed by atoms with van der Waals surface area (Å²) in [5.41, 5.74) is 1.39. The van der Waals surface area contributed by atoms with E-state index >= 15 is 0 Å². The number of hydrogen-bond donors (Lipinski definition) is 0. The fraction of sp³-hybridized carbons (Fsp3) is 0.400. The normalized spacial score (nSPS) is 14.7. The highest BCUT2D eigenvalue weighted by molar-refractivity contribution is 5.91. The van der Waals surface area contributed by atoms with Crippen molar-refractivity contribution in [1.82, 2.24) is 0 Å². The maximum atomic E-state index is 13.4. The molecule has 1 fully saturated rings. The van der Waals surface area contributed by atoms with Crippen molar-refractivity contribution in [3.63, 3.8) is 0 Å². The fourth-order valence-corrected chi connectivity index (χ4v) is 4.31. The number of benzene rings is 3. The molecule has 0 amide bonds. The summed E-state index contributed by atoms with van der Waals surface area (Å²) in [6, 6.07) is 17.3. The second-order valence-electron chi connectivity index (χ2n) is 11.4. The van der Waals surface area contributed by atoms with E-state index in [0.717, 1.165) is 64.2 Å². The minimum atomic E-state index is -5.77. The van der Waals surface area contributed by atoms with Crippen molar-refractivity contribution in [3.8, 4) is 29.1 Å². The maximum Gasteiger partial charge on any atom is 0.439 e. The lowest BCUT2D eigenvalue weighted by atomic mass is 9.90. The number of unbranched alkanes of at least 4 members (excludes halogenated alkanes) is 3. The molecule has 47 heavy (non-hydrogen) atoms. The molecule has 0 aliphatic carbocycles. The minimum Gasteiger partial charge on any atom is -0.494 e. The number of esters is 1. The summed E-state index contributed by atoms with van der Waals surface area (Å²) in [4.78, 5) is 12.6. The van der Waals surface area contributed by atoms with E-state index in [1.165, 1.54) is 12.1 Å². The molecule has 0 saturated carbocycles. The van der Waals surface area contributed by atoms with Gasteiger partial charge in [-0.1, -0.05) is 25.2 Å². The van der Waals surface area contributed by atoms with Gasteiger partial charge in [-0.3, -0.25) is 0 Å². The number of halogens is 6. The smallest absolute Gasteiger partial charge is 0.439 e. The molecule has 0 radical (unpaired) electrons. The maximum absolute atomic E-state index is 13.4. The average molecular weight is 665 g/mol. The zero-order valence-electron chi connectivity index (χ0n) is 25.6. The predicted octanol–water partition coefficient (Wildman–Crippen LogP) is 8.17. The van der Waals surface area contributed by atoms with Crippen LogP contribution in [0.25, 0.3) is 0 Å². The average Bonchev–Trinajstić information content (AvgIpc) is 3.02. The van der Waals surface area contributed by atoms with Crippen LogP contribution in [0, 0.1) is 17.3 Å². The number of carbonyl (C=O) groups is 1. The predicted molar refractivity (Wildman–Crippen MR) is 160 cm³/mol. The number of alkyl halides is 6. The summed E-state index contributed by atoms with van der Waals surface area (Å²) in [6.07, 6.45) is -11.3. The monoisotopic (exact) mass is 664 g/mol. The lowest BCUT2D eigenvalue weighted by Gasteiger charge is -2.37. The summed E-state index contributed by atoms with van der Waals surface area (Å²) < 4.78 is 103. The van der Waals surface area contributed by atoms with Crippen molar-refractivity contribution in [2.75, 3.05) is 33.0 Å². The van der Waals surface area contributed by atoms with Crippen molar-refractivity contribution in [2.24, 2.45) is 5.41 Å². The zero-order valence-corrected chi connectivity index (χ0v) is 25.6. The molecule has 0 bridgehead atoms. The SMILES string of the molecule is CC1(COCCCCCCOc2ccc(C(=O)Oc3ccc(C#Cc4ccc(OC(F)(F)C(F)C(F)(F)F)cc4)cc3)cc2)COC1. The van der Waals surface area contributed by atoms with E-state index in [2.05, 4.69) is 23.5 Å². The van der Waals surface area contributed by atoms with Crippen LogP contribution in [-0.4, -0.2) is 57.5 Å². The molecular formula is C35H34F6O6. The van der Waals surface area contributed by atoms with Crippen molar-refractivity contribution < 1.29 is 54.8 Å². The van der Waals surface area contributed by atoms with Gasteiger partial charge in [0.15, 0.2) is 0 Å². The first-order valence-electron chi connectivity index (χ1n) is 14.9. The van der Waals surface area contributed by atoms with E-state index in [1.54, 1.807) is 48.5 Å². The van der Waals surface area contributed by atoms with Crippen LogP contribution >= 0.6 is 0 Å². The van der Waals surface area contributed by atoms with Crippen LogP contribution in [0.3, 0.4) is 0 Å². The molecule has 0 N–H and O–H groups in total. The second-order valence-corrected chi connectivity index (χ2v) is 11.4. The Morgan fingerprint density at radius 3 is 1.85 bits per heavy atom. The molecule has 0 spiro atoms. The Hall–Kier alpha value is -4.21. The zero-order chi connectivity index (χ0) is 33.9. The van der Waals surface area contributed by atoms with Crippen molar-refractivity contribution >= 4 is 5.97 Å². The van der Waals surface area contributed by atoms with Crippen molar-refractivity contribution in [3.05, 3.63) is 89.5 Å². The molecule has 252 valence electrons. The molecule has 1 aliphatic rings. The molecule has 1 heterocycles. The Bertz CT molecular complexity index is 1490. The van der Waals surface area contributed by atoms with E-state index in [-0.39, 0.29) is 11.2 Å². The third kappa shape index (κ3) is 11.2. The van der Waals surface area contributed by atoms with Gasteiger partial charge in [0.2, 0.25) is 0 Å². The summed E-state index contributed by atoms with van der Waals surface area (Å²) >= 11 is 0. The van der Waals surface area contributed by atoms with Gasteiger partial charge in [0.1, 0.15) is 17.2 Å². The van der Waals surface area contributed by atoms with Gasteiger partial charge in [0.25, 0.3) is 6.17 Å². The molecule has 12 heteroatoms. The van der Waals surface area contributed by atoms with Gasteiger partial charge in [-0.15, -0.1) is 0 Å². The van der Waals surface area contributed by atoms with E-state index < -0.39 is 30.2 Å². The van der Waals surface area contributed by atoms with Crippen molar-refractivity contribution in [2.45, 2.75) is 51.1 Å². The molecule has 6 nitrogen and oxygen atoms in total. The highest BCUT2D eigenvalue weighted by Crippen LogP contribution is 2.36.